The monoisotopic (exact) mass is 382 g/mol. The molecule has 4 rings (SSSR count). The zero-order valence-electron chi connectivity index (χ0n) is 17.1. The number of nitrogens with zero attached hydrogens (tertiary/aromatic N) is 4. The third-order valence-corrected chi connectivity index (χ3v) is 6.47. The van der Waals surface area contributed by atoms with Crippen LogP contribution in [0.25, 0.3) is 0 Å². The van der Waals surface area contributed by atoms with Gasteiger partial charge in [0.25, 0.3) is 0 Å². The highest BCUT2D eigenvalue weighted by Gasteiger charge is 2.57. The van der Waals surface area contributed by atoms with Gasteiger partial charge in [-0.15, -0.1) is 0 Å². The van der Waals surface area contributed by atoms with Crippen LogP contribution in [0.5, 0.6) is 0 Å². The Bertz CT molecular complexity index is 809. The second kappa shape index (κ2) is 7.66. The zero-order valence-corrected chi connectivity index (χ0v) is 17.1. The van der Waals surface area contributed by atoms with Crippen LogP contribution in [0.4, 0.5) is 0 Å². The second-order valence-corrected chi connectivity index (χ2v) is 8.46. The number of amides is 1. The Morgan fingerprint density at radius 3 is 2.54 bits per heavy atom. The topological polar surface area (TPSA) is 62.5 Å². The summed E-state index contributed by atoms with van der Waals surface area (Å²) in [5.74, 6) is 2.03. The van der Waals surface area contributed by atoms with Crippen molar-refractivity contribution in [2.24, 2.45) is 11.3 Å². The number of aryl methyl sites for hydroxylation is 1. The molecule has 0 aliphatic carbocycles. The van der Waals surface area contributed by atoms with E-state index in [-0.39, 0.29) is 17.3 Å². The van der Waals surface area contributed by atoms with E-state index in [9.17, 15) is 4.79 Å². The molecular weight excluding hydrogens is 352 g/mol. The van der Waals surface area contributed by atoms with Crippen molar-refractivity contribution in [2.45, 2.75) is 46.1 Å². The molecule has 150 valence electrons. The highest BCUT2D eigenvalue weighted by molar-refractivity contribution is 5.79. The molecule has 1 atom stereocenters. The zero-order chi connectivity index (χ0) is 19.7. The van der Waals surface area contributed by atoms with Gasteiger partial charge in [-0.05, 0) is 25.3 Å². The second-order valence-electron chi connectivity index (χ2n) is 8.46. The summed E-state index contributed by atoms with van der Waals surface area (Å²) in [7, 11) is 0. The lowest BCUT2D eigenvalue weighted by Gasteiger charge is -2.51. The van der Waals surface area contributed by atoms with Gasteiger partial charge >= 0.3 is 0 Å². The van der Waals surface area contributed by atoms with Gasteiger partial charge < -0.3 is 9.42 Å². The number of carbonyl (C=O) groups excluding carboxylic acids is 1. The Balaban J connectivity index is 1.51. The van der Waals surface area contributed by atoms with Crippen molar-refractivity contribution in [1.82, 2.24) is 19.9 Å². The Labute approximate surface area is 166 Å². The lowest BCUT2D eigenvalue weighted by Crippen LogP contribution is -2.62. The van der Waals surface area contributed by atoms with Crippen molar-refractivity contribution >= 4 is 5.91 Å². The first-order valence-electron chi connectivity index (χ1n) is 10.4. The first-order valence-corrected chi connectivity index (χ1v) is 10.4. The van der Waals surface area contributed by atoms with Gasteiger partial charge in [-0.3, -0.25) is 9.69 Å². The quantitative estimate of drug-likeness (QED) is 0.767. The lowest BCUT2D eigenvalue weighted by molar-refractivity contribution is -0.148. The Morgan fingerprint density at radius 1 is 1.21 bits per heavy atom. The van der Waals surface area contributed by atoms with E-state index < -0.39 is 0 Å². The number of rotatable bonds is 6. The molecular formula is C22H30N4O2. The first-order chi connectivity index (χ1) is 13.5. The van der Waals surface area contributed by atoms with Crippen LogP contribution in [0.1, 0.15) is 49.9 Å². The molecule has 6 nitrogen and oxygen atoms in total. The van der Waals surface area contributed by atoms with Gasteiger partial charge in [0.15, 0.2) is 5.82 Å². The number of hydrogen-bond donors (Lipinski definition) is 0. The highest BCUT2D eigenvalue weighted by atomic mass is 16.5. The molecule has 1 spiro atoms. The number of hydrogen-bond acceptors (Lipinski definition) is 5. The van der Waals surface area contributed by atoms with E-state index in [1.54, 1.807) is 0 Å². The number of carbonyl (C=O) groups is 1. The summed E-state index contributed by atoms with van der Waals surface area (Å²) >= 11 is 0. The molecule has 2 saturated heterocycles. The van der Waals surface area contributed by atoms with Gasteiger partial charge in [-0.25, -0.2) is 0 Å². The summed E-state index contributed by atoms with van der Waals surface area (Å²) in [4.78, 5) is 21.9. The lowest BCUT2D eigenvalue weighted by atomic mass is 9.71. The molecule has 1 amide bonds. The highest BCUT2D eigenvalue weighted by Crippen LogP contribution is 2.49. The van der Waals surface area contributed by atoms with Crippen molar-refractivity contribution in [2.75, 3.05) is 26.2 Å². The Hall–Kier alpha value is -2.21. The van der Waals surface area contributed by atoms with Gasteiger partial charge in [-0.1, -0.05) is 49.3 Å². The number of likely N-dealkylation sites (tertiary alicyclic amines) is 2. The fourth-order valence-corrected chi connectivity index (χ4v) is 4.91. The van der Waals surface area contributed by atoms with Crippen molar-refractivity contribution < 1.29 is 9.32 Å². The molecule has 2 fully saturated rings. The van der Waals surface area contributed by atoms with Crippen LogP contribution in [0.3, 0.4) is 0 Å². The molecule has 1 unspecified atom stereocenters. The van der Waals surface area contributed by atoms with Gasteiger partial charge in [-0.2, -0.15) is 4.98 Å². The first kappa shape index (κ1) is 19.1. The maximum absolute atomic E-state index is 12.8. The van der Waals surface area contributed by atoms with Gasteiger partial charge in [0.2, 0.25) is 11.8 Å². The van der Waals surface area contributed by atoms with Crippen LogP contribution in [0.15, 0.2) is 34.9 Å². The minimum atomic E-state index is 0.0233. The van der Waals surface area contributed by atoms with E-state index in [1.807, 2.05) is 17.9 Å². The molecule has 2 aromatic rings. The normalized spacial score (nSPS) is 21.4. The molecule has 0 radical (unpaired) electrons. The third kappa shape index (κ3) is 3.46. The van der Waals surface area contributed by atoms with Crippen LogP contribution in [0.2, 0.25) is 0 Å². The summed E-state index contributed by atoms with van der Waals surface area (Å²) in [6.45, 7) is 10.4. The predicted molar refractivity (Wildman–Crippen MR) is 107 cm³/mol. The minimum absolute atomic E-state index is 0.0233. The van der Waals surface area contributed by atoms with Crippen LogP contribution in [0, 0.1) is 18.3 Å². The SMILES string of the molecule is CCC(CC)C(=O)N1CC2(CN(Cc3ccccc3)CC2c2nc(C)no2)C1. The van der Waals surface area contributed by atoms with Gasteiger partial charge in [0.05, 0.1) is 5.92 Å². The maximum atomic E-state index is 12.8. The molecule has 28 heavy (non-hydrogen) atoms. The average Bonchev–Trinajstić information content (AvgIpc) is 3.26. The molecule has 2 aliphatic rings. The number of aromatic nitrogens is 2. The standard InChI is InChI=1S/C22H30N4O2/c1-4-18(5-2)21(27)26-14-22(15-26)13-25(11-17-9-7-6-8-10-17)12-19(22)20-23-16(3)24-28-20/h6-10,18-19H,4-5,11-15H2,1-3H3. The van der Waals surface area contributed by atoms with E-state index in [2.05, 4.69) is 53.2 Å². The van der Waals surface area contributed by atoms with Crippen LogP contribution < -0.4 is 0 Å². The fraction of sp³-hybridized carbons (Fsp3) is 0.591. The van der Waals surface area contributed by atoms with E-state index in [0.29, 0.717) is 11.7 Å². The Morgan fingerprint density at radius 2 is 1.93 bits per heavy atom. The summed E-state index contributed by atoms with van der Waals surface area (Å²) < 4.78 is 5.57. The summed E-state index contributed by atoms with van der Waals surface area (Å²) in [5.41, 5.74) is 1.33. The maximum Gasteiger partial charge on any atom is 0.231 e. The fourth-order valence-electron chi connectivity index (χ4n) is 4.91. The van der Waals surface area contributed by atoms with Crippen molar-refractivity contribution in [3.8, 4) is 0 Å². The smallest absolute Gasteiger partial charge is 0.231 e. The molecule has 0 N–H and O–H groups in total. The molecule has 6 heteroatoms. The summed E-state index contributed by atoms with van der Waals surface area (Å²) in [6.07, 6.45) is 1.82. The van der Waals surface area contributed by atoms with Crippen molar-refractivity contribution in [3.63, 3.8) is 0 Å². The molecule has 1 aromatic carbocycles. The molecule has 0 bridgehead atoms. The Kier molecular flexibility index (Phi) is 5.23. The summed E-state index contributed by atoms with van der Waals surface area (Å²) in [6, 6.07) is 10.5. The van der Waals surface area contributed by atoms with Crippen molar-refractivity contribution in [1.29, 1.82) is 0 Å². The molecule has 1 aromatic heterocycles. The van der Waals surface area contributed by atoms with Crippen LogP contribution in [-0.2, 0) is 11.3 Å². The van der Waals surface area contributed by atoms with Gasteiger partial charge in [0.1, 0.15) is 0 Å². The summed E-state index contributed by atoms with van der Waals surface area (Å²) in [5, 5.41) is 4.02. The molecule has 0 saturated carbocycles. The molecule has 2 aliphatic heterocycles. The average molecular weight is 383 g/mol. The minimum Gasteiger partial charge on any atom is -0.341 e. The van der Waals surface area contributed by atoms with Gasteiger partial charge in [0, 0.05) is 44.1 Å². The third-order valence-electron chi connectivity index (χ3n) is 6.47. The molecule has 3 heterocycles. The van der Waals surface area contributed by atoms with E-state index in [1.165, 1.54) is 5.56 Å². The predicted octanol–water partition coefficient (Wildman–Crippen LogP) is 3.24. The largest absolute Gasteiger partial charge is 0.341 e. The van der Waals surface area contributed by atoms with E-state index in [0.717, 1.165) is 51.5 Å². The van der Waals surface area contributed by atoms with Crippen LogP contribution >= 0.6 is 0 Å². The number of benzene rings is 1. The van der Waals surface area contributed by atoms with Crippen molar-refractivity contribution in [3.05, 3.63) is 47.6 Å². The van der Waals surface area contributed by atoms with E-state index >= 15 is 0 Å². The van der Waals surface area contributed by atoms with Crippen LogP contribution in [-0.4, -0.2) is 52.0 Å². The van der Waals surface area contributed by atoms with E-state index in [4.69, 9.17) is 4.52 Å².